The molecule has 0 atom stereocenters. The molecule has 1 rings (SSSR count). The molecule has 6 heteroatoms. The van der Waals surface area contributed by atoms with Crippen molar-refractivity contribution >= 4 is 12.0 Å². The number of amides is 2. The van der Waals surface area contributed by atoms with E-state index in [0.29, 0.717) is 32.5 Å². The summed E-state index contributed by atoms with van der Waals surface area (Å²) in [6.07, 6.45) is 3.13. The molecule has 0 radical (unpaired) electrons. The van der Waals surface area contributed by atoms with Crippen LogP contribution in [0.5, 0.6) is 0 Å². The Morgan fingerprint density at radius 3 is 2.47 bits per heavy atom. The quantitative estimate of drug-likeness (QED) is 0.732. The van der Waals surface area contributed by atoms with Crippen LogP contribution in [0.15, 0.2) is 0 Å². The number of aliphatic carboxylic acids is 1. The minimum absolute atomic E-state index is 0.213. The molecule has 0 heterocycles. The van der Waals surface area contributed by atoms with E-state index in [-0.39, 0.29) is 12.6 Å². The molecule has 0 aliphatic heterocycles. The third kappa shape index (κ3) is 4.09. The van der Waals surface area contributed by atoms with Gasteiger partial charge in [-0.1, -0.05) is 12.8 Å². The molecule has 0 bridgehead atoms. The molecule has 0 unspecified atom stereocenters. The van der Waals surface area contributed by atoms with Crippen LogP contribution in [0.1, 0.15) is 32.6 Å². The number of methoxy groups -OCH3 is 1. The number of carboxylic acids is 1. The first-order valence-corrected chi connectivity index (χ1v) is 6.81. The summed E-state index contributed by atoms with van der Waals surface area (Å²) in [5.41, 5.74) is -0.768. The van der Waals surface area contributed by atoms with Gasteiger partial charge < -0.3 is 20.1 Å². The number of likely N-dealkylation sites (N-methyl/N-ethyl adjacent to an activating group) is 1. The Labute approximate surface area is 114 Å². The van der Waals surface area contributed by atoms with Crippen molar-refractivity contribution in [3.8, 4) is 0 Å². The van der Waals surface area contributed by atoms with E-state index in [1.165, 1.54) is 0 Å². The zero-order valence-corrected chi connectivity index (χ0v) is 11.8. The number of urea groups is 1. The Hall–Kier alpha value is -1.30. The maximum Gasteiger partial charge on any atom is 0.317 e. The summed E-state index contributed by atoms with van der Waals surface area (Å²) >= 11 is 0. The molecule has 1 fully saturated rings. The SMILES string of the molecule is CCN(CCOC)C(=O)NCC1(C(=O)O)CCCC1. The van der Waals surface area contributed by atoms with Gasteiger partial charge in [-0.3, -0.25) is 4.79 Å². The molecule has 110 valence electrons. The Bertz CT molecular complexity index is 314. The van der Waals surface area contributed by atoms with Crippen LogP contribution >= 0.6 is 0 Å². The van der Waals surface area contributed by atoms with Gasteiger partial charge in [0.05, 0.1) is 12.0 Å². The first kappa shape index (κ1) is 15.8. The summed E-state index contributed by atoms with van der Waals surface area (Å²) in [6.45, 7) is 3.67. The van der Waals surface area contributed by atoms with E-state index in [4.69, 9.17) is 4.74 Å². The zero-order chi connectivity index (χ0) is 14.3. The molecule has 2 amide bonds. The molecule has 0 saturated heterocycles. The molecule has 0 aromatic carbocycles. The number of rotatable bonds is 7. The molecule has 1 aliphatic carbocycles. The third-order valence-electron chi connectivity index (χ3n) is 3.83. The second-order valence-electron chi connectivity index (χ2n) is 5.02. The van der Waals surface area contributed by atoms with Crippen molar-refractivity contribution in [2.24, 2.45) is 5.41 Å². The summed E-state index contributed by atoms with van der Waals surface area (Å²) in [4.78, 5) is 24.9. The lowest BCUT2D eigenvalue weighted by Gasteiger charge is -2.27. The Morgan fingerprint density at radius 2 is 2.00 bits per heavy atom. The fraction of sp³-hybridized carbons (Fsp3) is 0.846. The summed E-state index contributed by atoms with van der Waals surface area (Å²) < 4.78 is 4.94. The number of hydrogen-bond donors (Lipinski definition) is 2. The monoisotopic (exact) mass is 272 g/mol. The lowest BCUT2D eigenvalue weighted by Crippen LogP contribution is -2.47. The van der Waals surface area contributed by atoms with Gasteiger partial charge in [-0.15, -0.1) is 0 Å². The topological polar surface area (TPSA) is 78.9 Å². The Morgan fingerprint density at radius 1 is 1.37 bits per heavy atom. The number of nitrogens with one attached hydrogen (secondary N) is 1. The van der Waals surface area contributed by atoms with Gasteiger partial charge in [-0.2, -0.15) is 0 Å². The van der Waals surface area contributed by atoms with Crippen LogP contribution in [-0.4, -0.2) is 55.4 Å². The predicted molar refractivity (Wildman–Crippen MR) is 71.1 cm³/mol. The van der Waals surface area contributed by atoms with Crippen molar-refractivity contribution < 1.29 is 19.4 Å². The van der Waals surface area contributed by atoms with Crippen LogP contribution in [0.4, 0.5) is 4.79 Å². The van der Waals surface area contributed by atoms with E-state index in [1.807, 2.05) is 6.92 Å². The van der Waals surface area contributed by atoms with Gasteiger partial charge in [-0.25, -0.2) is 4.79 Å². The number of carbonyl (C=O) groups is 2. The minimum atomic E-state index is -0.801. The van der Waals surface area contributed by atoms with Gasteiger partial charge >= 0.3 is 12.0 Å². The predicted octanol–water partition coefficient (Wildman–Crippen LogP) is 1.31. The molecule has 1 aliphatic rings. The molecule has 6 nitrogen and oxygen atoms in total. The second-order valence-corrected chi connectivity index (χ2v) is 5.02. The normalized spacial score (nSPS) is 17.2. The van der Waals surface area contributed by atoms with Crippen LogP contribution in [0, 0.1) is 5.41 Å². The molecular formula is C13H24N2O4. The number of carboxylic acid groups (broad SMARTS) is 1. The Balaban J connectivity index is 2.49. The van der Waals surface area contributed by atoms with E-state index < -0.39 is 11.4 Å². The maximum absolute atomic E-state index is 12.0. The molecule has 0 aromatic heterocycles. The molecule has 19 heavy (non-hydrogen) atoms. The number of nitrogens with zero attached hydrogens (tertiary/aromatic N) is 1. The van der Waals surface area contributed by atoms with Crippen molar-refractivity contribution in [3.63, 3.8) is 0 Å². The minimum Gasteiger partial charge on any atom is -0.481 e. The van der Waals surface area contributed by atoms with Crippen molar-refractivity contribution in [3.05, 3.63) is 0 Å². The van der Waals surface area contributed by atoms with Crippen LogP contribution in [0.3, 0.4) is 0 Å². The van der Waals surface area contributed by atoms with Gasteiger partial charge in [-0.05, 0) is 19.8 Å². The third-order valence-corrected chi connectivity index (χ3v) is 3.83. The fourth-order valence-electron chi connectivity index (χ4n) is 2.48. The zero-order valence-electron chi connectivity index (χ0n) is 11.8. The van der Waals surface area contributed by atoms with Gasteiger partial charge in [0, 0.05) is 26.7 Å². The fourth-order valence-corrected chi connectivity index (χ4v) is 2.48. The molecule has 2 N–H and O–H groups in total. The smallest absolute Gasteiger partial charge is 0.317 e. The maximum atomic E-state index is 12.0. The average molecular weight is 272 g/mol. The molecule has 1 saturated carbocycles. The lowest BCUT2D eigenvalue weighted by molar-refractivity contribution is -0.148. The summed E-state index contributed by atoms with van der Waals surface area (Å²) in [7, 11) is 1.59. The van der Waals surface area contributed by atoms with E-state index in [1.54, 1.807) is 12.0 Å². The van der Waals surface area contributed by atoms with Gasteiger partial charge in [0.25, 0.3) is 0 Å². The second kappa shape index (κ2) is 7.33. The summed E-state index contributed by atoms with van der Waals surface area (Å²) in [6, 6.07) is -0.216. The van der Waals surface area contributed by atoms with Crippen molar-refractivity contribution in [2.75, 3.05) is 33.4 Å². The van der Waals surface area contributed by atoms with Gasteiger partial charge in [0.15, 0.2) is 0 Å². The van der Waals surface area contributed by atoms with Crippen molar-refractivity contribution in [1.82, 2.24) is 10.2 Å². The van der Waals surface area contributed by atoms with E-state index >= 15 is 0 Å². The highest BCUT2D eigenvalue weighted by Gasteiger charge is 2.41. The highest BCUT2D eigenvalue weighted by Crippen LogP contribution is 2.37. The van der Waals surface area contributed by atoms with Gasteiger partial charge in [0.2, 0.25) is 0 Å². The van der Waals surface area contributed by atoms with Crippen LogP contribution in [0.25, 0.3) is 0 Å². The number of carbonyl (C=O) groups excluding carboxylic acids is 1. The number of ether oxygens (including phenoxy) is 1. The van der Waals surface area contributed by atoms with Crippen LogP contribution < -0.4 is 5.32 Å². The van der Waals surface area contributed by atoms with Gasteiger partial charge in [0.1, 0.15) is 0 Å². The first-order chi connectivity index (χ1) is 9.05. The largest absolute Gasteiger partial charge is 0.481 e. The summed E-state index contributed by atoms with van der Waals surface area (Å²) in [5.74, 6) is -0.801. The molecule has 0 spiro atoms. The van der Waals surface area contributed by atoms with E-state index in [9.17, 15) is 14.7 Å². The number of hydrogen-bond acceptors (Lipinski definition) is 3. The molecule has 0 aromatic rings. The van der Waals surface area contributed by atoms with Crippen LogP contribution in [-0.2, 0) is 9.53 Å². The van der Waals surface area contributed by atoms with Crippen molar-refractivity contribution in [2.45, 2.75) is 32.6 Å². The average Bonchev–Trinajstić information content (AvgIpc) is 2.87. The highest BCUT2D eigenvalue weighted by molar-refractivity contribution is 5.78. The standard InChI is InChI=1S/C13H24N2O4/c1-3-15(8-9-19-2)12(18)14-10-13(11(16)17)6-4-5-7-13/h3-10H2,1-2H3,(H,14,18)(H,16,17). The first-order valence-electron chi connectivity index (χ1n) is 6.81. The highest BCUT2D eigenvalue weighted by atomic mass is 16.5. The summed E-state index contributed by atoms with van der Waals surface area (Å²) in [5, 5.41) is 12.1. The molecular weight excluding hydrogens is 248 g/mol. The lowest BCUT2D eigenvalue weighted by atomic mass is 9.86. The van der Waals surface area contributed by atoms with E-state index in [2.05, 4.69) is 5.32 Å². The van der Waals surface area contributed by atoms with Crippen LogP contribution in [0.2, 0.25) is 0 Å². The van der Waals surface area contributed by atoms with Crippen molar-refractivity contribution in [1.29, 1.82) is 0 Å². The van der Waals surface area contributed by atoms with E-state index in [0.717, 1.165) is 12.8 Å². The Kier molecular flexibility index (Phi) is 6.08.